The predicted molar refractivity (Wildman–Crippen MR) is 93.1 cm³/mol. The van der Waals surface area contributed by atoms with Crippen LogP contribution >= 0.6 is 0 Å². The predicted octanol–water partition coefficient (Wildman–Crippen LogP) is 1.000. The van der Waals surface area contributed by atoms with Crippen LogP contribution in [0.1, 0.15) is 19.3 Å². The fourth-order valence-corrected chi connectivity index (χ4v) is 2.72. The molecule has 8 heteroatoms. The van der Waals surface area contributed by atoms with Gasteiger partial charge in [0.1, 0.15) is 0 Å². The lowest BCUT2D eigenvalue weighted by Crippen LogP contribution is -2.50. The minimum atomic E-state index is -0.984. The average molecular weight is 364 g/mol. The Labute approximate surface area is 152 Å². The highest BCUT2D eigenvalue weighted by Crippen LogP contribution is 2.25. The van der Waals surface area contributed by atoms with Crippen LogP contribution in [-0.4, -0.2) is 72.6 Å². The van der Waals surface area contributed by atoms with E-state index >= 15 is 0 Å². The second-order valence-corrected chi connectivity index (χ2v) is 5.90. The summed E-state index contributed by atoms with van der Waals surface area (Å²) in [4.78, 5) is 38.0. The van der Waals surface area contributed by atoms with Crippen molar-refractivity contribution in [2.75, 3.05) is 39.9 Å². The molecule has 26 heavy (non-hydrogen) atoms. The van der Waals surface area contributed by atoms with Gasteiger partial charge >= 0.3 is 5.97 Å². The molecule has 1 N–H and O–H groups in total. The summed E-state index contributed by atoms with van der Waals surface area (Å²) in [6, 6.07) is 7.25. The third-order valence-electron chi connectivity index (χ3n) is 4.18. The van der Waals surface area contributed by atoms with Gasteiger partial charge in [-0.3, -0.25) is 14.4 Å². The number of carboxylic acids is 1. The highest BCUT2D eigenvalue weighted by molar-refractivity contribution is 5.81. The number of methoxy groups -OCH3 is 1. The van der Waals surface area contributed by atoms with Crippen molar-refractivity contribution in [1.29, 1.82) is 0 Å². The number of para-hydroxylation sites is 2. The molecule has 1 aliphatic rings. The molecule has 0 atom stereocenters. The highest BCUT2D eigenvalue weighted by atomic mass is 16.5. The Bertz CT molecular complexity index is 640. The Hall–Kier alpha value is -2.77. The number of carboxylic acid groups (broad SMARTS) is 1. The maximum absolute atomic E-state index is 12.3. The van der Waals surface area contributed by atoms with Gasteiger partial charge in [-0.2, -0.15) is 0 Å². The van der Waals surface area contributed by atoms with Crippen LogP contribution in [0.5, 0.6) is 11.5 Å². The first-order valence-corrected chi connectivity index (χ1v) is 8.54. The molecule has 1 fully saturated rings. The van der Waals surface area contributed by atoms with Crippen molar-refractivity contribution in [2.24, 2.45) is 0 Å². The first-order chi connectivity index (χ1) is 12.5. The van der Waals surface area contributed by atoms with Gasteiger partial charge in [0.25, 0.3) is 0 Å². The quantitative estimate of drug-likeness (QED) is 0.739. The molecule has 0 bridgehead atoms. The van der Waals surface area contributed by atoms with E-state index in [0.29, 0.717) is 37.7 Å². The van der Waals surface area contributed by atoms with Gasteiger partial charge in [0.05, 0.1) is 26.6 Å². The van der Waals surface area contributed by atoms with Crippen LogP contribution in [0.4, 0.5) is 0 Å². The number of benzene rings is 1. The fraction of sp³-hybridized carbons (Fsp3) is 0.500. The van der Waals surface area contributed by atoms with E-state index in [1.165, 1.54) is 0 Å². The summed E-state index contributed by atoms with van der Waals surface area (Å²) in [5.41, 5.74) is 0. The van der Waals surface area contributed by atoms with Crippen molar-refractivity contribution >= 4 is 17.8 Å². The fourth-order valence-electron chi connectivity index (χ4n) is 2.72. The van der Waals surface area contributed by atoms with Crippen molar-refractivity contribution in [3.8, 4) is 11.5 Å². The van der Waals surface area contributed by atoms with E-state index in [9.17, 15) is 14.4 Å². The second-order valence-electron chi connectivity index (χ2n) is 5.90. The van der Waals surface area contributed by atoms with E-state index < -0.39 is 5.97 Å². The molecule has 0 unspecified atom stereocenters. The summed E-state index contributed by atoms with van der Waals surface area (Å²) >= 11 is 0. The van der Waals surface area contributed by atoms with Gasteiger partial charge in [0.2, 0.25) is 11.8 Å². The van der Waals surface area contributed by atoms with Crippen molar-refractivity contribution in [1.82, 2.24) is 9.80 Å². The minimum Gasteiger partial charge on any atom is -0.493 e. The molecule has 2 rings (SSSR count). The summed E-state index contributed by atoms with van der Waals surface area (Å²) in [7, 11) is 1.56. The minimum absolute atomic E-state index is 0.00394. The van der Waals surface area contributed by atoms with E-state index in [1.807, 2.05) is 12.1 Å². The molecule has 142 valence electrons. The second kappa shape index (κ2) is 9.65. The maximum atomic E-state index is 12.3. The van der Waals surface area contributed by atoms with Gasteiger partial charge in [0.15, 0.2) is 11.5 Å². The Morgan fingerprint density at radius 3 is 2.00 bits per heavy atom. The van der Waals surface area contributed by atoms with E-state index in [2.05, 4.69) is 0 Å². The van der Waals surface area contributed by atoms with Crippen molar-refractivity contribution in [3.05, 3.63) is 24.3 Å². The maximum Gasteiger partial charge on any atom is 0.303 e. The summed E-state index contributed by atoms with van der Waals surface area (Å²) in [6.45, 7) is 2.00. The summed E-state index contributed by atoms with van der Waals surface area (Å²) in [6.07, 6.45) is 0.0688. The van der Waals surface area contributed by atoms with E-state index in [4.69, 9.17) is 14.6 Å². The lowest BCUT2D eigenvalue weighted by molar-refractivity contribution is -0.143. The molecule has 1 aromatic rings. The Morgan fingerprint density at radius 1 is 0.923 bits per heavy atom. The van der Waals surface area contributed by atoms with Crippen LogP contribution in [0, 0.1) is 0 Å². The molecular formula is C18H24N2O6. The molecule has 1 heterocycles. The summed E-state index contributed by atoms with van der Waals surface area (Å²) in [5, 5.41) is 8.63. The zero-order valence-electron chi connectivity index (χ0n) is 14.8. The lowest BCUT2D eigenvalue weighted by Gasteiger charge is -2.34. The third kappa shape index (κ3) is 5.65. The van der Waals surface area contributed by atoms with Crippen LogP contribution in [0.2, 0.25) is 0 Å². The molecule has 1 aliphatic heterocycles. The van der Waals surface area contributed by atoms with E-state index in [1.54, 1.807) is 29.0 Å². The van der Waals surface area contributed by atoms with Crippen molar-refractivity contribution < 1.29 is 29.0 Å². The number of amides is 2. The molecule has 0 radical (unpaired) electrons. The SMILES string of the molecule is COc1ccccc1OCCC(=O)N1CCN(C(=O)CCC(=O)O)CC1. The number of ether oxygens (including phenoxy) is 2. The standard InChI is InChI=1S/C18H24N2O6/c1-25-14-4-2-3-5-15(14)26-13-8-17(22)20-11-9-19(10-12-20)16(21)6-7-18(23)24/h2-5H,6-13H2,1H3,(H,23,24). The van der Waals surface area contributed by atoms with Gasteiger partial charge < -0.3 is 24.4 Å². The number of hydrogen-bond donors (Lipinski definition) is 1. The summed E-state index contributed by atoms with van der Waals surface area (Å²) in [5.74, 6) is 0.0174. The molecule has 8 nitrogen and oxygen atoms in total. The first-order valence-electron chi connectivity index (χ1n) is 8.54. The molecule has 0 aromatic heterocycles. The number of piperazine rings is 1. The highest BCUT2D eigenvalue weighted by Gasteiger charge is 2.24. The first kappa shape index (κ1) is 19.6. The number of rotatable bonds is 8. The molecular weight excluding hydrogens is 340 g/mol. The van der Waals surface area contributed by atoms with Gasteiger partial charge in [-0.05, 0) is 12.1 Å². The number of carbonyl (C=O) groups excluding carboxylic acids is 2. The molecule has 1 aromatic carbocycles. The molecule has 1 saturated heterocycles. The topological polar surface area (TPSA) is 96.4 Å². The van der Waals surface area contributed by atoms with Crippen molar-refractivity contribution in [2.45, 2.75) is 19.3 Å². The summed E-state index contributed by atoms with van der Waals surface area (Å²) < 4.78 is 10.8. The molecule has 0 aliphatic carbocycles. The number of aliphatic carboxylic acids is 1. The van der Waals surface area contributed by atoms with Crippen LogP contribution in [0.25, 0.3) is 0 Å². The largest absolute Gasteiger partial charge is 0.493 e. The number of hydrogen-bond acceptors (Lipinski definition) is 5. The van der Waals surface area contributed by atoms with E-state index in [0.717, 1.165) is 0 Å². The van der Waals surface area contributed by atoms with Gasteiger partial charge in [0, 0.05) is 32.6 Å². The zero-order valence-corrected chi connectivity index (χ0v) is 14.8. The van der Waals surface area contributed by atoms with Crippen LogP contribution < -0.4 is 9.47 Å². The average Bonchev–Trinajstić information content (AvgIpc) is 2.66. The zero-order chi connectivity index (χ0) is 18.9. The van der Waals surface area contributed by atoms with Crippen LogP contribution in [-0.2, 0) is 14.4 Å². The Kier molecular flexibility index (Phi) is 7.25. The van der Waals surface area contributed by atoms with Crippen LogP contribution in [0.3, 0.4) is 0 Å². The number of nitrogens with zero attached hydrogens (tertiary/aromatic N) is 2. The van der Waals surface area contributed by atoms with Crippen molar-refractivity contribution in [3.63, 3.8) is 0 Å². The lowest BCUT2D eigenvalue weighted by atomic mass is 10.2. The third-order valence-corrected chi connectivity index (χ3v) is 4.18. The van der Waals surface area contributed by atoms with Gasteiger partial charge in [-0.15, -0.1) is 0 Å². The molecule has 0 saturated carbocycles. The Morgan fingerprint density at radius 2 is 1.46 bits per heavy atom. The van der Waals surface area contributed by atoms with Gasteiger partial charge in [-0.25, -0.2) is 0 Å². The monoisotopic (exact) mass is 364 g/mol. The van der Waals surface area contributed by atoms with Gasteiger partial charge in [-0.1, -0.05) is 12.1 Å². The number of carbonyl (C=O) groups is 3. The Balaban J connectivity index is 1.71. The van der Waals surface area contributed by atoms with Crippen LogP contribution in [0.15, 0.2) is 24.3 Å². The van der Waals surface area contributed by atoms with E-state index in [-0.39, 0.29) is 37.7 Å². The smallest absolute Gasteiger partial charge is 0.303 e. The normalized spacial score (nSPS) is 14.0. The molecule has 2 amide bonds. The molecule has 0 spiro atoms.